The Kier molecular flexibility index (Phi) is 7.03. The number of pyridine rings is 1. The summed E-state index contributed by atoms with van der Waals surface area (Å²) in [6, 6.07) is 2.19. The second-order valence-corrected chi connectivity index (χ2v) is 3.42. The average molecular weight is 194 g/mol. The molecular weight excluding hydrogens is 172 g/mol. The van der Waals surface area contributed by atoms with Gasteiger partial charge in [-0.25, -0.2) is 0 Å². The third-order valence-electron chi connectivity index (χ3n) is 1.78. The van der Waals surface area contributed by atoms with E-state index in [9.17, 15) is 0 Å². The molecule has 1 rings (SSSR count). The third-order valence-corrected chi connectivity index (χ3v) is 1.78. The summed E-state index contributed by atoms with van der Waals surface area (Å²) in [7, 11) is 4.17. The number of nitrogens with zero attached hydrogens (tertiary/aromatic N) is 2. The zero-order valence-corrected chi connectivity index (χ0v) is 10.0. The fourth-order valence-electron chi connectivity index (χ4n) is 1.11. The molecule has 0 fully saturated rings. The molecule has 0 aliphatic carbocycles. The molecule has 2 nitrogen and oxygen atoms in total. The molecule has 1 heterocycles. The summed E-state index contributed by atoms with van der Waals surface area (Å²) < 4.78 is 0. The molecule has 0 amide bonds. The molecule has 0 aromatic carbocycles. The highest BCUT2D eigenvalue weighted by Crippen LogP contribution is 2.01. The number of rotatable bonds is 3. The average Bonchev–Trinajstić information content (AvgIpc) is 2.18. The fourth-order valence-corrected chi connectivity index (χ4v) is 1.11. The highest BCUT2D eigenvalue weighted by Gasteiger charge is 1.94. The lowest BCUT2D eigenvalue weighted by Crippen LogP contribution is -2.15. The van der Waals surface area contributed by atoms with E-state index in [4.69, 9.17) is 0 Å². The standard InChI is InChI=1S/C10H16N2.C2H6/c1-9-6-10(8-11-7-9)4-5-12(2)3;1-2/h6-8H,4-5H2,1-3H3;1-2H3. The molecule has 80 valence electrons. The second kappa shape index (κ2) is 7.51. The molecule has 14 heavy (non-hydrogen) atoms. The Balaban J connectivity index is 0.000000791. The van der Waals surface area contributed by atoms with Crippen LogP contribution >= 0.6 is 0 Å². The van der Waals surface area contributed by atoms with Gasteiger partial charge in [0.1, 0.15) is 0 Å². The lowest BCUT2D eigenvalue weighted by molar-refractivity contribution is 0.413. The maximum Gasteiger partial charge on any atom is 0.0300 e. The van der Waals surface area contributed by atoms with Crippen molar-refractivity contribution < 1.29 is 0 Å². The van der Waals surface area contributed by atoms with E-state index >= 15 is 0 Å². The summed E-state index contributed by atoms with van der Waals surface area (Å²) in [5.41, 5.74) is 2.56. The molecule has 2 heteroatoms. The minimum absolute atomic E-state index is 1.08. The van der Waals surface area contributed by atoms with Crippen molar-refractivity contribution in [2.45, 2.75) is 27.2 Å². The van der Waals surface area contributed by atoms with E-state index in [1.54, 1.807) is 0 Å². The first kappa shape index (κ1) is 13.1. The van der Waals surface area contributed by atoms with Crippen molar-refractivity contribution in [2.24, 2.45) is 0 Å². The Morgan fingerprint density at radius 2 is 1.86 bits per heavy atom. The molecular formula is C12H22N2. The second-order valence-electron chi connectivity index (χ2n) is 3.42. The normalized spacial score (nSPS) is 9.57. The van der Waals surface area contributed by atoms with Crippen molar-refractivity contribution in [1.29, 1.82) is 0 Å². The van der Waals surface area contributed by atoms with Gasteiger partial charge in [-0.15, -0.1) is 0 Å². The SMILES string of the molecule is CC.Cc1cncc(CCN(C)C)c1. The smallest absolute Gasteiger partial charge is 0.0300 e. The van der Waals surface area contributed by atoms with E-state index in [2.05, 4.69) is 37.0 Å². The first-order chi connectivity index (χ1) is 6.68. The highest BCUT2D eigenvalue weighted by molar-refractivity contribution is 5.16. The van der Waals surface area contributed by atoms with Crippen LogP contribution in [-0.4, -0.2) is 30.5 Å². The molecule has 0 saturated carbocycles. The van der Waals surface area contributed by atoms with Crippen LogP contribution in [0.1, 0.15) is 25.0 Å². The van der Waals surface area contributed by atoms with Crippen molar-refractivity contribution in [3.05, 3.63) is 29.6 Å². The molecule has 1 aromatic heterocycles. The van der Waals surface area contributed by atoms with Crippen LogP contribution in [0, 0.1) is 6.92 Å². The van der Waals surface area contributed by atoms with Gasteiger partial charge >= 0.3 is 0 Å². The van der Waals surface area contributed by atoms with Gasteiger partial charge in [-0.3, -0.25) is 4.98 Å². The van der Waals surface area contributed by atoms with Crippen LogP contribution in [0.4, 0.5) is 0 Å². The number of aromatic nitrogens is 1. The molecule has 0 aliphatic heterocycles. The largest absolute Gasteiger partial charge is 0.309 e. The maximum absolute atomic E-state index is 4.14. The molecule has 0 radical (unpaired) electrons. The Hall–Kier alpha value is -0.890. The summed E-state index contributed by atoms with van der Waals surface area (Å²) in [5.74, 6) is 0. The Bertz CT molecular complexity index is 244. The van der Waals surface area contributed by atoms with Crippen LogP contribution in [0.3, 0.4) is 0 Å². The van der Waals surface area contributed by atoms with Gasteiger partial charge in [-0.05, 0) is 38.6 Å². The minimum atomic E-state index is 1.08. The van der Waals surface area contributed by atoms with Crippen molar-refractivity contribution in [3.8, 4) is 0 Å². The van der Waals surface area contributed by atoms with Crippen molar-refractivity contribution >= 4 is 0 Å². The van der Waals surface area contributed by atoms with E-state index < -0.39 is 0 Å². The number of aryl methyl sites for hydroxylation is 1. The number of likely N-dealkylation sites (N-methyl/N-ethyl adjacent to an activating group) is 1. The molecule has 0 aliphatic rings. The first-order valence-corrected chi connectivity index (χ1v) is 5.24. The van der Waals surface area contributed by atoms with Crippen molar-refractivity contribution in [2.75, 3.05) is 20.6 Å². The van der Waals surface area contributed by atoms with Crippen LogP contribution in [0.25, 0.3) is 0 Å². The van der Waals surface area contributed by atoms with Crippen LogP contribution in [-0.2, 0) is 6.42 Å². The summed E-state index contributed by atoms with van der Waals surface area (Å²) >= 11 is 0. The molecule has 0 spiro atoms. The predicted octanol–water partition coefficient (Wildman–Crippen LogP) is 2.52. The number of hydrogen-bond donors (Lipinski definition) is 0. The monoisotopic (exact) mass is 194 g/mol. The van der Waals surface area contributed by atoms with Gasteiger partial charge in [-0.1, -0.05) is 19.9 Å². The van der Waals surface area contributed by atoms with Gasteiger partial charge in [0.15, 0.2) is 0 Å². The summed E-state index contributed by atoms with van der Waals surface area (Å²) in [4.78, 5) is 6.33. The molecule has 1 aromatic rings. The van der Waals surface area contributed by atoms with Crippen LogP contribution < -0.4 is 0 Å². The zero-order chi connectivity index (χ0) is 11.0. The highest BCUT2D eigenvalue weighted by atomic mass is 15.0. The van der Waals surface area contributed by atoms with Crippen LogP contribution in [0.2, 0.25) is 0 Å². The van der Waals surface area contributed by atoms with E-state index in [1.807, 2.05) is 26.2 Å². The Morgan fingerprint density at radius 3 is 2.36 bits per heavy atom. The molecule has 0 N–H and O–H groups in total. The van der Waals surface area contributed by atoms with Gasteiger partial charge in [0.2, 0.25) is 0 Å². The molecule has 0 atom stereocenters. The predicted molar refractivity (Wildman–Crippen MR) is 62.6 cm³/mol. The van der Waals surface area contributed by atoms with Gasteiger partial charge in [0.25, 0.3) is 0 Å². The minimum Gasteiger partial charge on any atom is -0.309 e. The van der Waals surface area contributed by atoms with Gasteiger partial charge in [0, 0.05) is 18.9 Å². The lowest BCUT2D eigenvalue weighted by Gasteiger charge is -2.08. The summed E-state index contributed by atoms with van der Waals surface area (Å²) in [6.45, 7) is 7.16. The first-order valence-electron chi connectivity index (χ1n) is 5.24. The fraction of sp³-hybridized carbons (Fsp3) is 0.583. The molecule has 0 unspecified atom stereocenters. The topological polar surface area (TPSA) is 16.1 Å². The Morgan fingerprint density at radius 1 is 1.21 bits per heavy atom. The van der Waals surface area contributed by atoms with E-state index in [0.717, 1.165) is 13.0 Å². The van der Waals surface area contributed by atoms with Gasteiger partial charge in [-0.2, -0.15) is 0 Å². The molecule has 0 saturated heterocycles. The van der Waals surface area contributed by atoms with Gasteiger partial charge in [0.05, 0.1) is 0 Å². The summed E-state index contributed by atoms with van der Waals surface area (Å²) in [6.07, 6.45) is 4.91. The summed E-state index contributed by atoms with van der Waals surface area (Å²) in [5, 5.41) is 0. The maximum atomic E-state index is 4.14. The van der Waals surface area contributed by atoms with E-state index in [-0.39, 0.29) is 0 Å². The molecule has 0 bridgehead atoms. The third kappa shape index (κ3) is 5.70. The van der Waals surface area contributed by atoms with Crippen molar-refractivity contribution in [3.63, 3.8) is 0 Å². The Labute approximate surface area is 88.0 Å². The van der Waals surface area contributed by atoms with E-state index in [1.165, 1.54) is 11.1 Å². The lowest BCUT2D eigenvalue weighted by atomic mass is 10.1. The number of hydrogen-bond acceptors (Lipinski definition) is 2. The van der Waals surface area contributed by atoms with Crippen LogP contribution in [0.15, 0.2) is 18.5 Å². The van der Waals surface area contributed by atoms with Crippen molar-refractivity contribution in [1.82, 2.24) is 9.88 Å². The van der Waals surface area contributed by atoms with Gasteiger partial charge < -0.3 is 4.90 Å². The van der Waals surface area contributed by atoms with Crippen LogP contribution in [0.5, 0.6) is 0 Å². The quantitative estimate of drug-likeness (QED) is 0.735. The van der Waals surface area contributed by atoms with E-state index in [0.29, 0.717) is 0 Å². The zero-order valence-electron chi connectivity index (χ0n) is 10.0.